The standard InChI is InChI=1S/C14H23NO3/c1-10(16)15(11-4-5-11)14(12(17)18)8-6-13(2,3)7-9-14/h11H,4-9H2,1-3H3,(H,17,18). The van der Waals surface area contributed by atoms with E-state index in [-0.39, 0.29) is 17.4 Å². The Bertz CT molecular complexity index is 361. The van der Waals surface area contributed by atoms with Gasteiger partial charge in [-0.3, -0.25) is 4.79 Å². The molecular weight excluding hydrogens is 230 g/mol. The highest BCUT2D eigenvalue weighted by Crippen LogP contribution is 2.46. The molecule has 0 saturated heterocycles. The fraction of sp³-hybridized carbons (Fsp3) is 0.857. The van der Waals surface area contributed by atoms with Crippen molar-refractivity contribution in [3.63, 3.8) is 0 Å². The molecule has 0 atom stereocenters. The molecule has 102 valence electrons. The summed E-state index contributed by atoms with van der Waals surface area (Å²) in [5.41, 5.74) is -0.743. The fourth-order valence-electron chi connectivity index (χ4n) is 3.14. The molecule has 0 bridgehead atoms. The third kappa shape index (κ3) is 2.25. The third-order valence-electron chi connectivity index (χ3n) is 4.54. The van der Waals surface area contributed by atoms with Crippen LogP contribution in [-0.2, 0) is 9.59 Å². The van der Waals surface area contributed by atoms with Crippen molar-refractivity contribution in [1.29, 1.82) is 0 Å². The van der Waals surface area contributed by atoms with Crippen LogP contribution in [0.3, 0.4) is 0 Å². The maximum atomic E-state index is 11.9. The normalized spacial score (nSPS) is 25.5. The van der Waals surface area contributed by atoms with Crippen LogP contribution in [0.2, 0.25) is 0 Å². The van der Waals surface area contributed by atoms with E-state index in [1.807, 2.05) is 0 Å². The van der Waals surface area contributed by atoms with Gasteiger partial charge in [-0.15, -0.1) is 0 Å². The van der Waals surface area contributed by atoms with Gasteiger partial charge in [-0.2, -0.15) is 0 Å². The van der Waals surface area contributed by atoms with Crippen LogP contribution in [0.1, 0.15) is 59.3 Å². The first-order valence-electron chi connectivity index (χ1n) is 6.82. The summed E-state index contributed by atoms with van der Waals surface area (Å²) in [7, 11) is 0. The molecule has 2 fully saturated rings. The molecule has 2 aliphatic rings. The maximum absolute atomic E-state index is 11.9. The number of hydrogen-bond acceptors (Lipinski definition) is 2. The van der Waals surface area contributed by atoms with Crippen LogP contribution in [0.15, 0.2) is 0 Å². The minimum Gasteiger partial charge on any atom is -0.479 e. The topological polar surface area (TPSA) is 57.6 Å². The average Bonchev–Trinajstić information content (AvgIpc) is 3.04. The zero-order chi connectivity index (χ0) is 13.6. The Morgan fingerprint density at radius 1 is 1.11 bits per heavy atom. The summed E-state index contributed by atoms with van der Waals surface area (Å²) in [5.74, 6) is -0.903. The van der Waals surface area contributed by atoms with E-state index < -0.39 is 11.5 Å². The molecule has 1 amide bonds. The number of hydrogen-bond donors (Lipinski definition) is 1. The Labute approximate surface area is 108 Å². The molecule has 2 saturated carbocycles. The molecule has 0 aromatic heterocycles. The third-order valence-corrected chi connectivity index (χ3v) is 4.54. The lowest BCUT2D eigenvalue weighted by molar-refractivity contribution is -0.164. The van der Waals surface area contributed by atoms with E-state index in [1.165, 1.54) is 6.92 Å². The first kappa shape index (κ1) is 13.4. The van der Waals surface area contributed by atoms with Gasteiger partial charge in [-0.05, 0) is 43.9 Å². The van der Waals surface area contributed by atoms with Crippen molar-refractivity contribution in [2.24, 2.45) is 5.41 Å². The smallest absolute Gasteiger partial charge is 0.329 e. The van der Waals surface area contributed by atoms with Crippen LogP contribution in [-0.4, -0.2) is 33.5 Å². The van der Waals surface area contributed by atoms with E-state index in [4.69, 9.17) is 0 Å². The Kier molecular flexibility index (Phi) is 3.16. The number of carboxylic acid groups (broad SMARTS) is 1. The number of carboxylic acids is 1. The van der Waals surface area contributed by atoms with Gasteiger partial charge >= 0.3 is 5.97 Å². The maximum Gasteiger partial charge on any atom is 0.329 e. The second-order valence-corrected chi connectivity index (χ2v) is 6.62. The van der Waals surface area contributed by atoms with Gasteiger partial charge in [0.1, 0.15) is 5.54 Å². The van der Waals surface area contributed by atoms with Gasteiger partial charge in [-0.1, -0.05) is 13.8 Å². The van der Waals surface area contributed by atoms with Crippen LogP contribution in [0.25, 0.3) is 0 Å². The predicted octanol–water partition coefficient (Wildman–Crippen LogP) is 2.42. The Morgan fingerprint density at radius 2 is 1.61 bits per heavy atom. The van der Waals surface area contributed by atoms with Crippen molar-refractivity contribution in [1.82, 2.24) is 4.90 Å². The number of nitrogens with zero attached hydrogens (tertiary/aromatic N) is 1. The van der Waals surface area contributed by atoms with Crippen molar-refractivity contribution in [3.8, 4) is 0 Å². The predicted molar refractivity (Wildman–Crippen MR) is 68.2 cm³/mol. The van der Waals surface area contributed by atoms with Crippen molar-refractivity contribution in [2.45, 2.75) is 70.9 Å². The molecule has 18 heavy (non-hydrogen) atoms. The van der Waals surface area contributed by atoms with Gasteiger partial charge < -0.3 is 10.0 Å². The molecule has 4 nitrogen and oxygen atoms in total. The van der Waals surface area contributed by atoms with Gasteiger partial charge in [0.05, 0.1) is 0 Å². The zero-order valence-corrected chi connectivity index (χ0v) is 11.5. The second-order valence-electron chi connectivity index (χ2n) is 6.62. The molecule has 2 rings (SSSR count). The zero-order valence-electron chi connectivity index (χ0n) is 11.5. The lowest BCUT2D eigenvalue weighted by Crippen LogP contribution is -2.59. The number of carbonyl (C=O) groups is 2. The van der Waals surface area contributed by atoms with Gasteiger partial charge in [0, 0.05) is 13.0 Å². The molecule has 0 aliphatic heterocycles. The SMILES string of the molecule is CC(=O)N(C1CC1)C1(C(=O)O)CCC(C)(C)CC1. The first-order valence-corrected chi connectivity index (χ1v) is 6.82. The van der Waals surface area contributed by atoms with E-state index in [1.54, 1.807) is 4.90 Å². The summed E-state index contributed by atoms with van der Waals surface area (Å²) in [4.78, 5) is 25.3. The fourth-order valence-corrected chi connectivity index (χ4v) is 3.14. The monoisotopic (exact) mass is 253 g/mol. The molecule has 4 heteroatoms. The van der Waals surface area contributed by atoms with Crippen molar-refractivity contribution >= 4 is 11.9 Å². The number of carbonyl (C=O) groups excluding carboxylic acids is 1. The van der Waals surface area contributed by atoms with Crippen LogP contribution in [0.5, 0.6) is 0 Å². The highest BCUT2D eigenvalue weighted by atomic mass is 16.4. The Morgan fingerprint density at radius 3 is 1.94 bits per heavy atom. The number of aliphatic carboxylic acids is 1. The van der Waals surface area contributed by atoms with Crippen molar-refractivity contribution < 1.29 is 14.7 Å². The lowest BCUT2D eigenvalue weighted by Gasteiger charge is -2.47. The molecule has 0 spiro atoms. The molecule has 0 unspecified atom stereocenters. The van der Waals surface area contributed by atoms with E-state index in [0.717, 1.165) is 25.7 Å². The minimum atomic E-state index is -0.942. The van der Waals surface area contributed by atoms with Crippen LogP contribution in [0, 0.1) is 5.41 Å². The highest BCUT2D eigenvalue weighted by Gasteiger charge is 2.53. The van der Waals surface area contributed by atoms with Crippen LogP contribution in [0.4, 0.5) is 0 Å². The van der Waals surface area contributed by atoms with Gasteiger partial charge in [-0.25, -0.2) is 4.79 Å². The minimum absolute atomic E-state index is 0.0837. The average molecular weight is 253 g/mol. The van der Waals surface area contributed by atoms with E-state index in [9.17, 15) is 14.7 Å². The van der Waals surface area contributed by atoms with Crippen molar-refractivity contribution in [2.75, 3.05) is 0 Å². The molecule has 0 heterocycles. The quantitative estimate of drug-likeness (QED) is 0.840. The molecule has 2 aliphatic carbocycles. The number of amides is 1. The number of rotatable bonds is 3. The van der Waals surface area contributed by atoms with Crippen LogP contribution < -0.4 is 0 Å². The molecule has 0 radical (unpaired) electrons. The largest absolute Gasteiger partial charge is 0.479 e. The Hall–Kier alpha value is -1.06. The Balaban J connectivity index is 2.27. The van der Waals surface area contributed by atoms with Gasteiger partial charge in [0.2, 0.25) is 5.91 Å². The van der Waals surface area contributed by atoms with Crippen LogP contribution >= 0.6 is 0 Å². The first-order chi connectivity index (χ1) is 8.28. The summed E-state index contributed by atoms with van der Waals surface area (Å²) in [6.07, 6.45) is 4.83. The highest BCUT2D eigenvalue weighted by molar-refractivity contribution is 5.86. The molecule has 1 N–H and O–H groups in total. The lowest BCUT2D eigenvalue weighted by atomic mass is 9.68. The van der Waals surface area contributed by atoms with E-state index in [2.05, 4.69) is 13.8 Å². The summed E-state index contributed by atoms with van der Waals surface area (Å²) in [5, 5.41) is 9.66. The van der Waals surface area contributed by atoms with Gasteiger partial charge in [0.15, 0.2) is 0 Å². The van der Waals surface area contributed by atoms with Crippen molar-refractivity contribution in [3.05, 3.63) is 0 Å². The second kappa shape index (κ2) is 4.25. The van der Waals surface area contributed by atoms with E-state index in [0.29, 0.717) is 12.8 Å². The van der Waals surface area contributed by atoms with Gasteiger partial charge in [0.25, 0.3) is 0 Å². The summed E-state index contributed by atoms with van der Waals surface area (Å²) >= 11 is 0. The summed E-state index contributed by atoms with van der Waals surface area (Å²) in [6, 6.07) is 0.166. The summed E-state index contributed by atoms with van der Waals surface area (Å²) in [6.45, 7) is 5.85. The summed E-state index contributed by atoms with van der Waals surface area (Å²) < 4.78 is 0. The van der Waals surface area contributed by atoms with E-state index >= 15 is 0 Å². The molecular formula is C14H23NO3. The molecule has 0 aromatic carbocycles. The molecule has 0 aromatic rings.